The third-order valence-electron chi connectivity index (χ3n) is 7.14. The molecule has 0 radical (unpaired) electrons. The van der Waals surface area contributed by atoms with Crippen molar-refractivity contribution in [1.29, 1.82) is 0 Å². The van der Waals surface area contributed by atoms with Crippen molar-refractivity contribution < 1.29 is 9.53 Å². The Balaban J connectivity index is 1.28. The molecule has 0 aliphatic carbocycles. The van der Waals surface area contributed by atoms with Gasteiger partial charge in [0.1, 0.15) is 0 Å². The maximum absolute atomic E-state index is 12.7. The van der Waals surface area contributed by atoms with Gasteiger partial charge in [-0.3, -0.25) is 14.6 Å². The van der Waals surface area contributed by atoms with Crippen LogP contribution in [-0.4, -0.2) is 85.7 Å². The maximum Gasteiger partial charge on any atom is 0.222 e. The van der Waals surface area contributed by atoms with Crippen molar-refractivity contribution in [2.45, 2.75) is 37.6 Å². The zero-order valence-corrected chi connectivity index (χ0v) is 17.3. The van der Waals surface area contributed by atoms with Crippen molar-refractivity contribution in [3.05, 3.63) is 35.9 Å². The van der Waals surface area contributed by atoms with E-state index in [1.54, 1.807) is 0 Å². The summed E-state index contributed by atoms with van der Waals surface area (Å²) in [7, 11) is 2.28. The second kappa shape index (κ2) is 8.93. The monoisotopic (exact) mass is 385 g/mol. The van der Waals surface area contributed by atoms with Gasteiger partial charge in [-0.2, -0.15) is 0 Å². The minimum absolute atomic E-state index is 0.244. The number of likely N-dealkylation sites (N-methyl/N-ethyl adjacent to an activating group) is 1. The summed E-state index contributed by atoms with van der Waals surface area (Å²) in [6, 6.07) is 10.3. The highest BCUT2D eigenvalue weighted by Gasteiger charge is 2.43. The molecule has 0 unspecified atom stereocenters. The predicted octanol–water partition coefficient (Wildman–Crippen LogP) is 2.26. The maximum atomic E-state index is 12.7. The standard InChI is InChI=1S/C23H35N3O2/c1-24-14-15-25(17-21-9-16-28-18-21)19-23(24)10-12-26(13-11-23)22(27)8-7-20-5-3-2-4-6-20/h2-6,21H,7-19H2,1H3/t21-/m0/s1. The Hall–Kier alpha value is -1.43. The predicted molar refractivity (Wildman–Crippen MR) is 111 cm³/mol. The molecule has 5 heteroatoms. The second-order valence-corrected chi connectivity index (χ2v) is 8.98. The fourth-order valence-electron chi connectivity index (χ4n) is 5.16. The number of benzene rings is 1. The average molecular weight is 386 g/mol. The van der Waals surface area contributed by atoms with Gasteiger partial charge < -0.3 is 9.64 Å². The van der Waals surface area contributed by atoms with Crippen LogP contribution in [0.15, 0.2) is 30.3 Å². The van der Waals surface area contributed by atoms with Crippen LogP contribution in [0.5, 0.6) is 0 Å². The lowest BCUT2D eigenvalue weighted by atomic mass is 9.83. The van der Waals surface area contributed by atoms with Gasteiger partial charge in [0.25, 0.3) is 0 Å². The second-order valence-electron chi connectivity index (χ2n) is 8.98. The third kappa shape index (κ3) is 4.58. The third-order valence-corrected chi connectivity index (χ3v) is 7.14. The quantitative estimate of drug-likeness (QED) is 0.779. The number of piperazine rings is 1. The Morgan fingerprint density at radius 2 is 1.93 bits per heavy atom. The summed E-state index contributed by atoms with van der Waals surface area (Å²) in [6.45, 7) is 8.29. The molecule has 0 aromatic heterocycles. The zero-order chi connectivity index (χ0) is 19.4. The van der Waals surface area contributed by atoms with Gasteiger partial charge in [0.05, 0.1) is 6.61 Å². The smallest absolute Gasteiger partial charge is 0.222 e. The van der Waals surface area contributed by atoms with E-state index >= 15 is 0 Å². The normalized spacial score (nSPS) is 26.0. The lowest BCUT2D eigenvalue weighted by Crippen LogP contribution is -2.65. The van der Waals surface area contributed by atoms with Gasteiger partial charge >= 0.3 is 0 Å². The summed E-state index contributed by atoms with van der Waals surface area (Å²) in [6.07, 6.45) is 4.87. The van der Waals surface area contributed by atoms with E-state index in [0.717, 1.165) is 65.2 Å². The number of piperidine rings is 1. The van der Waals surface area contributed by atoms with Gasteiger partial charge in [0.2, 0.25) is 5.91 Å². The van der Waals surface area contributed by atoms with Crippen molar-refractivity contribution >= 4 is 5.91 Å². The molecular weight excluding hydrogens is 350 g/mol. The van der Waals surface area contributed by atoms with Gasteiger partial charge in [-0.05, 0) is 44.2 Å². The Morgan fingerprint density at radius 3 is 2.64 bits per heavy atom. The van der Waals surface area contributed by atoms with E-state index in [9.17, 15) is 4.79 Å². The highest BCUT2D eigenvalue weighted by atomic mass is 16.5. The number of hydrogen-bond donors (Lipinski definition) is 0. The minimum atomic E-state index is 0.244. The molecule has 0 saturated carbocycles. The van der Waals surface area contributed by atoms with E-state index in [1.165, 1.54) is 18.5 Å². The molecule has 1 aromatic carbocycles. The number of carbonyl (C=O) groups is 1. The minimum Gasteiger partial charge on any atom is -0.381 e. The summed E-state index contributed by atoms with van der Waals surface area (Å²) in [4.78, 5) is 20.0. The number of nitrogens with zero attached hydrogens (tertiary/aromatic N) is 3. The van der Waals surface area contributed by atoms with Gasteiger partial charge in [-0.25, -0.2) is 0 Å². The van der Waals surface area contributed by atoms with E-state index in [1.807, 2.05) is 18.2 Å². The molecule has 3 aliphatic rings. The highest BCUT2D eigenvalue weighted by molar-refractivity contribution is 5.76. The van der Waals surface area contributed by atoms with Crippen LogP contribution in [0.2, 0.25) is 0 Å². The van der Waals surface area contributed by atoms with Crippen LogP contribution < -0.4 is 0 Å². The molecule has 3 aliphatic heterocycles. The Labute approximate surface area is 169 Å². The SMILES string of the molecule is CN1CCN(C[C@@H]2CCOC2)CC12CCN(C(=O)CCc1ccccc1)CC2. The zero-order valence-electron chi connectivity index (χ0n) is 17.3. The summed E-state index contributed by atoms with van der Waals surface area (Å²) < 4.78 is 5.57. The van der Waals surface area contributed by atoms with E-state index < -0.39 is 0 Å². The van der Waals surface area contributed by atoms with Crippen LogP contribution in [-0.2, 0) is 16.0 Å². The number of likely N-dealkylation sites (tertiary alicyclic amines) is 1. The molecular formula is C23H35N3O2. The van der Waals surface area contributed by atoms with Gasteiger partial charge in [0.15, 0.2) is 0 Å². The van der Waals surface area contributed by atoms with Crippen LogP contribution >= 0.6 is 0 Å². The molecule has 4 rings (SSSR count). The average Bonchev–Trinajstić information content (AvgIpc) is 3.23. The molecule has 3 saturated heterocycles. The Bertz CT molecular complexity index is 637. The molecule has 1 spiro atoms. The van der Waals surface area contributed by atoms with Gasteiger partial charge in [-0.1, -0.05) is 30.3 Å². The number of ether oxygens (including phenoxy) is 1. The van der Waals surface area contributed by atoms with Crippen molar-refractivity contribution in [3.63, 3.8) is 0 Å². The summed E-state index contributed by atoms with van der Waals surface area (Å²) >= 11 is 0. The van der Waals surface area contributed by atoms with E-state index in [4.69, 9.17) is 4.74 Å². The van der Waals surface area contributed by atoms with Crippen LogP contribution in [0.25, 0.3) is 0 Å². The largest absolute Gasteiger partial charge is 0.381 e. The van der Waals surface area contributed by atoms with Crippen molar-refractivity contribution in [2.75, 3.05) is 59.5 Å². The first-order valence-electron chi connectivity index (χ1n) is 11.0. The highest BCUT2D eigenvalue weighted by Crippen LogP contribution is 2.32. The molecule has 3 fully saturated rings. The fraction of sp³-hybridized carbons (Fsp3) is 0.696. The van der Waals surface area contributed by atoms with Crippen LogP contribution in [0.4, 0.5) is 0 Å². The number of aryl methyl sites for hydroxylation is 1. The first-order chi connectivity index (χ1) is 13.6. The molecule has 1 atom stereocenters. The van der Waals surface area contributed by atoms with Crippen LogP contribution in [0.1, 0.15) is 31.2 Å². The Kier molecular flexibility index (Phi) is 6.34. The van der Waals surface area contributed by atoms with Gasteiger partial charge in [0, 0.05) is 57.8 Å². The summed E-state index contributed by atoms with van der Waals surface area (Å²) in [5.41, 5.74) is 1.50. The molecule has 5 nitrogen and oxygen atoms in total. The molecule has 1 amide bonds. The number of hydrogen-bond acceptors (Lipinski definition) is 4. The molecule has 0 N–H and O–H groups in total. The van der Waals surface area contributed by atoms with Crippen molar-refractivity contribution in [3.8, 4) is 0 Å². The number of amides is 1. The molecule has 28 heavy (non-hydrogen) atoms. The number of carbonyl (C=O) groups excluding carboxylic acids is 1. The summed E-state index contributed by atoms with van der Waals surface area (Å²) in [5.74, 6) is 1.03. The molecule has 1 aromatic rings. The van der Waals surface area contributed by atoms with Crippen LogP contribution in [0.3, 0.4) is 0 Å². The summed E-state index contributed by atoms with van der Waals surface area (Å²) in [5, 5.41) is 0. The topological polar surface area (TPSA) is 36.0 Å². The first-order valence-corrected chi connectivity index (χ1v) is 11.0. The van der Waals surface area contributed by atoms with E-state index in [2.05, 4.69) is 33.9 Å². The lowest BCUT2D eigenvalue weighted by Gasteiger charge is -2.53. The van der Waals surface area contributed by atoms with Crippen molar-refractivity contribution in [2.24, 2.45) is 5.92 Å². The van der Waals surface area contributed by atoms with Crippen molar-refractivity contribution in [1.82, 2.24) is 14.7 Å². The van der Waals surface area contributed by atoms with E-state index in [-0.39, 0.29) is 5.54 Å². The first kappa shape index (κ1) is 19.9. The molecule has 154 valence electrons. The molecule has 3 heterocycles. The molecule has 0 bridgehead atoms. The van der Waals surface area contributed by atoms with E-state index in [0.29, 0.717) is 18.2 Å². The van der Waals surface area contributed by atoms with Gasteiger partial charge in [-0.15, -0.1) is 0 Å². The number of rotatable bonds is 5. The lowest BCUT2D eigenvalue weighted by molar-refractivity contribution is -0.135. The van der Waals surface area contributed by atoms with Crippen LogP contribution in [0, 0.1) is 5.92 Å². The fourth-order valence-corrected chi connectivity index (χ4v) is 5.16. The Morgan fingerprint density at radius 1 is 1.14 bits per heavy atom.